The average Bonchev–Trinajstić information content (AvgIpc) is 2.26. The van der Waals surface area contributed by atoms with Crippen molar-refractivity contribution >= 4 is 6.29 Å². The molecule has 1 rings (SSSR count). The highest BCUT2D eigenvalue weighted by Crippen LogP contribution is 2.24. The first kappa shape index (κ1) is 11.0. The van der Waals surface area contributed by atoms with Gasteiger partial charge in [-0.3, -0.25) is 4.79 Å². The Kier molecular flexibility index (Phi) is 3.87. The van der Waals surface area contributed by atoms with Crippen molar-refractivity contribution in [2.24, 2.45) is 0 Å². The molecule has 0 heterocycles. The quantitative estimate of drug-likeness (QED) is 0.663. The number of carbonyl (C=O) groups is 1. The molecular formula is C13H18O. The lowest BCUT2D eigenvalue weighted by molar-refractivity contribution is 0.112. The standard InChI is InChI=1S/C13H18O/c1-4-10(3)12-8-6-7-11(5-2)13(12)9-14/h6-10H,4-5H2,1-3H3/t10-/m0/s1. The summed E-state index contributed by atoms with van der Waals surface area (Å²) in [4.78, 5) is 11.0. The van der Waals surface area contributed by atoms with Gasteiger partial charge in [-0.2, -0.15) is 0 Å². The summed E-state index contributed by atoms with van der Waals surface area (Å²) in [6.45, 7) is 6.41. The first-order chi connectivity index (χ1) is 6.74. The van der Waals surface area contributed by atoms with Gasteiger partial charge in [0.2, 0.25) is 0 Å². The van der Waals surface area contributed by atoms with E-state index < -0.39 is 0 Å². The molecule has 0 saturated heterocycles. The van der Waals surface area contributed by atoms with Gasteiger partial charge in [0.15, 0.2) is 6.29 Å². The van der Waals surface area contributed by atoms with Crippen LogP contribution in [0.1, 0.15) is 54.6 Å². The Labute approximate surface area is 86.1 Å². The summed E-state index contributed by atoms with van der Waals surface area (Å²) < 4.78 is 0. The maximum Gasteiger partial charge on any atom is 0.150 e. The summed E-state index contributed by atoms with van der Waals surface area (Å²) in [6, 6.07) is 6.15. The lowest BCUT2D eigenvalue weighted by Crippen LogP contribution is -2.01. The minimum Gasteiger partial charge on any atom is -0.298 e. The van der Waals surface area contributed by atoms with Crippen LogP contribution in [0.4, 0.5) is 0 Å². The van der Waals surface area contributed by atoms with Crippen LogP contribution in [-0.4, -0.2) is 6.29 Å². The van der Waals surface area contributed by atoms with Gasteiger partial charge >= 0.3 is 0 Å². The van der Waals surface area contributed by atoms with E-state index in [4.69, 9.17) is 0 Å². The van der Waals surface area contributed by atoms with Crippen molar-refractivity contribution in [2.45, 2.75) is 39.5 Å². The van der Waals surface area contributed by atoms with Crippen molar-refractivity contribution in [3.63, 3.8) is 0 Å². The van der Waals surface area contributed by atoms with E-state index in [1.807, 2.05) is 12.1 Å². The van der Waals surface area contributed by atoms with Gasteiger partial charge in [-0.15, -0.1) is 0 Å². The minimum absolute atomic E-state index is 0.474. The van der Waals surface area contributed by atoms with Crippen molar-refractivity contribution in [3.05, 3.63) is 34.9 Å². The van der Waals surface area contributed by atoms with Crippen LogP contribution in [0.25, 0.3) is 0 Å². The Hall–Kier alpha value is -1.11. The lowest BCUT2D eigenvalue weighted by Gasteiger charge is -2.14. The Bertz CT molecular complexity index is 315. The van der Waals surface area contributed by atoms with Gasteiger partial charge in [0.05, 0.1) is 0 Å². The Balaban J connectivity index is 3.21. The highest BCUT2D eigenvalue weighted by molar-refractivity contribution is 5.80. The van der Waals surface area contributed by atoms with Crippen LogP contribution < -0.4 is 0 Å². The predicted octanol–water partition coefficient (Wildman–Crippen LogP) is 3.58. The number of hydrogen-bond acceptors (Lipinski definition) is 1. The molecule has 1 heteroatoms. The molecular weight excluding hydrogens is 172 g/mol. The highest BCUT2D eigenvalue weighted by atomic mass is 16.1. The van der Waals surface area contributed by atoms with Crippen molar-refractivity contribution in [2.75, 3.05) is 0 Å². The molecule has 1 aromatic rings. The number of benzene rings is 1. The highest BCUT2D eigenvalue weighted by Gasteiger charge is 2.10. The van der Waals surface area contributed by atoms with E-state index in [-0.39, 0.29) is 0 Å². The maximum absolute atomic E-state index is 11.0. The zero-order valence-corrected chi connectivity index (χ0v) is 9.21. The third kappa shape index (κ3) is 2.03. The van der Waals surface area contributed by atoms with E-state index in [1.165, 1.54) is 5.56 Å². The van der Waals surface area contributed by atoms with Crippen LogP contribution in [-0.2, 0) is 6.42 Å². The molecule has 0 bridgehead atoms. The van der Waals surface area contributed by atoms with E-state index in [0.717, 1.165) is 30.3 Å². The largest absolute Gasteiger partial charge is 0.298 e. The fourth-order valence-electron chi connectivity index (χ4n) is 1.73. The molecule has 14 heavy (non-hydrogen) atoms. The first-order valence-electron chi connectivity index (χ1n) is 5.31. The van der Waals surface area contributed by atoms with E-state index >= 15 is 0 Å². The van der Waals surface area contributed by atoms with Crippen molar-refractivity contribution in [1.29, 1.82) is 0 Å². The van der Waals surface area contributed by atoms with E-state index in [0.29, 0.717) is 5.92 Å². The van der Waals surface area contributed by atoms with Gasteiger partial charge in [0.25, 0.3) is 0 Å². The predicted molar refractivity (Wildman–Crippen MR) is 59.9 cm³/mol. The van der Waals surface area contributed by atoms with Crippen LogP contribution in [0.2, 0.25) is 0 Å². The fourth-order valence-corrected chi connectivity index (χ4v) is 1.73. The van der Waals surface area contributed by atoms with Gasteiger partial charge in [-0.25, -0.2) is 0 Å². The second-order valence-electron chi connectivity index (χ2n) is 3.70. The van der Waals surface area contributed by atoms with Crippen molar-refractivity contribution < 1.29 is 4.79 Å². The topological polar surface area (TPSA) is 17.1 Å². The summed E-state index contributed by atoms with van der Waals surface area (Å²) in [5.74, 6) is 0.474. The van der Waals surface area contributed by atoms with Gasteiger partial charge in [0, 0.05) is 5.56 Å². The van der Waals surface area contributed by atoms with Crippen molar-refractivity contribution in [1.82, 2.24) is 0 Å². The van der Waals surface area contributed by atoms with Crippen molar-refractivity contribution in [3.8, 4) is 0 Å². The first-order valence-corrected chi connectivity index (χ1v) is 5.31. The summed E-state index contributed by atoms with van der Waals surface area (Å²) in [7, 11) is 0. The molecule has 76 valence electrons. The maximum atomic E-state index is 11.0. The minimum atomic E-state index is 0.474. The summed E-state index contributed by atoms with van der Waals surface area (Å²) in [5, 5.41) is 0. The number of hydrogen-bond donors (Lipinski definition) is 0. The molecule has 0 aliphatic rings. The normalized spacial score (nSPS) is 12.5. The molecule has 0 aromatic heterocycles. The second-order valence-corrected chi connectivity index (χ2v) is 3.70. The summed E-state index contributed by atoms with van der Waals surface area (Å²) >= 11 is 0. The molecule has 0 spiro atoms. The summed E-state index contributed by atoms with van der Waals surface area (Å²) in [5.41, 5.74) is 3.27. The van der Waals surface area contributed by atoms with Gasteiger partial charge in [0.1, 0.15) is 0 Å². The fraction of sp³-hybridized carbons (Fsp3) is 0.462. The molecule has 1 nitrogen and oxygen atoms in total. The number of aryl methyl sites for hydroxylation is 1. The smallest absolute Gasteiger partial charge is 0.150 e. The number of aldehydes is 1. The zero-order chi connectivity index (χ0) is 10.6. The molecule has 0 saturated carbocycles. The van der Waals surface area contributed by atoms with Crippen LogP contribution in [0, 0.1) is 0 Å². The van der Waals surface area contributed by atoms with E-state index in [2.05, 4.69) is 26.8 Å². The third-order valence-corrected chi connectivity index (χ3v) is 2.87. The zero-order valence-electron chi connectivity index (χ0n) is 9.21. The molecule has 0 unspecified atom stereocenters. The molecule has 0 aliphatic carbocycles. The monoisotopic (exact) mass is 190 g/mol. The number of rotatable bonds is 4. The molecule has 0 N–H and O–H groups in total. The molecule has 1 aromatic carbocycles. The summed E-state index contributed by atoms with van der Waals surface area (Å²) in [6.07, 6.45) is 3.01. The van der Waals surface area contributed by atoms with Gasteiger partial charge in [-0.05, 0) is 29.9 Å². The van der Waals surface area contributed by atoms with Crippen LogP contribution in [0.5, 0.6) is 0 Å². The molecule has 0 fully saturated rings. The van der Waals surface area contributed by atoms with Gasteiger partial charge < -0.3 is 0 Å². The average molecular weight is 190 g/mol. The Morgan fingerprint density at radius 2 is 2.07 bits per heavy atom. The molecule has 0 radical (unpaired) electrons. The lowest BCUT2D eigenvalue weighted by atomic mass is 9.90. The third-order valence-electron chi connectivity index (χ3n) is 2.87. The Morgan fingerprint density at radius 1 is 1.36 bits per heavy atom. The molecule has 0 aliphatic heterocycles. The van der Waals surface area contributed by atoms with Crippen LogP contribution in [0.3, 0.4) is 0 Å². The van der Waals surface area contributed by atoms with E-state index in [9.17, 15) is 4.79 Å². The molecule has 1 atom stereocenters. The second kappa shape index (κ2) is 4.94. The van der Waals surface area contributed by atoms with Crippen LogP contribution >= 0.6 is 0 Å². The number of carbonyl (C=O) groups excluding carboxylic acids is 1. The molecule has 0 amide bonds. The Morgan fingerprint density at radius 3 is 2.57 bits per heavy atom. The van der Waals surface area contributed by atoms with E-state index in [1.54, 1.807) is 0 Å². The van der Waals surface area contributed by atoms with Crippen LogP contribution in [0.15, 0.2) is 18.2 Å². The van der Waals surface area contributed by atoms with Gasteiger partial charge in [-0.1, -0.05) is 39.0 Å². The SMILES string of the molecule is CCc1cccc([C@@H](C)CC)c1C=O.